The van der Waals surface area contributed by atoms with Gasteiger partial charge in [0, 0.05) is 28.3 Å². The van der Waals surface area contributed by atoms with E-state index in [1.807, 2.05) is 6.07 Å². The number of pyridine rings is 1. The topological polar surface area (TPSA) is 63.3 Å². The summed E-state index contributed by atoms with van der Waals surface area (Å²) in [5, 5.41) is 10.4. The van der Waals surface area contributed by atoms with Crippen LogP contribution in [0.5, 0.6) is 0 Å². The lowest BCUT2D eigenvalue weighted by molar-refractivity contribution is 0.0698. The number of benzene rings is 2. The van der Waals surface area contributed by atoms with Gasteiger partial charge in [0.15, 0.2) is 0 Å². The van der Waals surface area contributed by atoms with Gasteiger partial charge in [0.1, 0.15) is 5.82 Å². The number of rotatable bonds is 3. The highest BCUT2D eigenvalue weighted by molar-refractivity contribution is 6.01. The monoisotopic (exact) mass is 333 g/mol. The third-order valence-corrected chi connectivity index (χ3v) is 4.06. The van der Waals surface area contributed by atoms with Crippen LogP contribution in [0, 0.1) is 5.82 Å². The van der Waals surface area contributed by atoms with E-state index in [1.165, 1.54) is 18.4 Å². The first-order valence-corrected chi connectivity index (χ1v) is 7.60. The van der Waals surface area contributed by atoms with E-state index in [9.17, 15) is 14.3 Å². The molecule has 0 aliphatic heterocycles. The lowest BCUT2D eigenvalue weighted by Crippen LogP contribution is -2.02. The quantitative estimate of drug-likeness (QED) is 0.573. The molecule has 0 spiro atoms. The van der Waals surface area contributed by atoms with Crippen molar-refractivity contribution in [3.05, 3.63) is 78.4 Å². The molecule has 0 amide bonds. The molecule has 4 rings (SSSR count). The zero-order valence-electron chi connectivity index (χ0n) is 12.9. The van der Waals surface area contributed by atoms with Crippen LogP contribution in [0.4, 0.5) is 4.39 Å². The summed E-state index contributed by atoms with van der Waals surface area (Å²) in [5.74, 6) is -1.59. The molecule has 1 N–H and O–H groups in total. The van der Waals surface area contributed by atoms with Gasteiger partial charge in [-0.15, -0.1) is 0 Å². The molecule has 2 aromatic heterocycles. The number of fused-ring (bicyclic) bond motifs is 1. The molecule has 5 heteroatoms. The van der Waals surface area contributed by atoms with Crippen LogP contribution in [0.2, 0.25) is 0 Å². The van der Waals surface area contributed by atoms with Crippen molar-refractivity contribution in [1.29, 1.82) is 0 Å². The van der Waals surface area contributed by atoms with E-state index >= 15 is 0 Å². The van der Waals surface area contributed by atoms with E-state index < -0.39 is 11.8 Å². The normalized spacial score (nSPS) is 10.9. The molecule has 2 heterocycles. The summed E-state index contributed by atoms with van der Waals surface area (Å²) in [7, 11) is 0. The van der Waals surface area contributed by atoms with Crippen molar-refractivity contribution in [3.8, 4) is 22.3 Å². The molecule has 0 bridgehead atoms. The van der Waals surface area contributed by atoms with Crippen molar-refractivity contribution in [2.75, 3.05) is 0 Å². The molecule has 4 aromatic rings. The maximum absolute atomic E-state index is 14.4. The minimum Gasteiger partial charge on any atom is -0.478 e. The number of aromatic nitrogens is 1. The van der Waals surface area contributed by atoms with Gasteiger partial charge in [-0.05, 0) is 29.8 Å². The van der Waals surface area contributed by atoms with E-state index in [0.717, 1.165) is 5.39 Å². The van der Waals surface area contributed by atoms with Crippen molar-refractivity contribution < 1.29 is 18.7 Å². The van der Waals surface area contributed by atoms with Crippen LogP contribution in [0.1, 0.15) is 10.4 Å². The number of nitrogens with zero attached hydrogens (tertiary/aromatic N) is 1. The first kappa shape index (κ1) is 15.1. The highest BCUT2D eigenvalue weighted by Crippen LogP contribution is 2.37. The fourth-order valence-corrected chi connectivity index (χ4v) is 2.93. The predicted molar refractivity (Wildman–Crippen MR) is 91.8 cm³/mol. The second-order valence-electron chi connectivity index (χ2n) is 5.55. The summed E-state index contributed by atoms with van der Waals surface area (Å²) in [5.41, 5.74) is 2.39. The third kappa shape index (κ3) is 2.55. The Morgan fingerprint density at radius 2 is 1.84 bits per heavy atom. The van der Waals surface area contributed by atoms with Crippen LogP contribution in [-0.4, -0.2) is 16.1 Å². The zero-order chi connectivity index (χ0) is 17.4. The van der Waals surface area contributed by atoms with Gasteiger partial charge in [0.05, 0.1) is 11.8 Å². The van der Waals surface area contributed by atoms with Gasteiger partial charge in [-0.1, -0.05) is 30.3 Å². The molecule has 0 unspecified atom stereocenters. The van der Waals surface area contributed by atoms with E-state index in [-0.39, 0.29) is 11.1 Å². The molecule has 0 saturated heterocycles. The molecular formula is C20H12FNO3. The molecule has 122 valence electrons. The number of carboxylic acid groups (broad SMARTS) is 1. The Kier molecular flexibility index (Phi) is 3.54. The Morgan fingerprint density at radius 3 is 2.64 bits per heavy atom. The van der Waals surface area contributed by atoms with Crippen molar-refractivity contribution in [2.24, 2.45) is 0 Å². The fraction of sp³-hybridized carbons (Fsp3) is 0. The lowest BCUT2D eigenvalue weighted by Gasteiger charge is -2.14. The number of furan rings is 1. The molecule has 2 aromatic carbocycles. The van der Waals surface area contributed by atoms with E-state index in [4.69, 9.17) is 4.42 Å². The van der Waals surface area contributed by atoms with Crippen molar-refractivity contribution in [3.63, 3.8) is 0 Å². The summed E-state index contributed by atoms with van der Waals surface area (Å²) in [6.45, 7) is 0. The molecule has 0 atom stereocenters. The van der Waals surface area contributed by atoms with Gasteiger partial charge >= 0.3 is 5.97 Å². The smallest absolute Gasteiger partial charge is 0.336 e. The van der Waals surface area contributed by atoms with Gasteiger partial charge in [0.25, 0.3) is 0 Å². The second kappa shape index (κ2) is 5.87. The molecule has 0 aliphatic rings. The Bertz CT molecular complexity index is 1100. The molecule has 0 fully saturated rings. The van der Waals surface area contributed by atoms with E-state index in [2.05, 4.69) is 4.98 Å². The Hall–Kier alpha value is -3.47. The summed E-state index contributed by atoms with van der Waals surface area (Å²) in [6, 6.07) is 14.6. The molecule has 0 radical (unpaired) electrons. The Balaban J connectivity index is 2.04. The van der Waals surface area contributed by atoms with Gasteiger partial charge < -0.3 is 9.52 Å². The standard InChI is InChI=1S/C20H12FNO3/c21-17-7-2-1-4-15(17)18-14(5-3-6-16(18)20(23)24)13-10-12-8-9-25-19(12)22-11-13/h1-11H,(H,23,24). The predicted octanol–water partition coefficient (Wildman–Crippen LogP) is 5.00. The number of halogens is 1. The van der Waals surface area contributed by atoms with Crippen molar-refractivity contribution in [2.45, 2.75) is 0 Å². The van der Waals surface area contributed by atoms with Crippen LogP contribution < -0.4 is 0 Å². The van der Waals surface area contributed by atoms with Gasteiger partial charge in [0.2, 0.25) is 5.71 Å². The Morgan fingerprint density at radius 1 is 1.04 bits per heavy atom. The highest BCUT2D eigenvalue weighted by Gasteiger charge is 2.19. The minimum absolute atomic E-state index is 0.0369. The maximum atomic E-state index is 14.4. The molecule has 0 saturated carbocycles. The van der Waals surface area contributed by atoms with Gasteiger partial charge in [-0.3, -0.25) is 0 Å². The van der Waals surface area contributed by atoms with Crippen molar-refractivity contribution in [1.82, 2.24) is 4.98 Å². The number of hydrogen-bond acceptors (Lipinski definition) is 3. The summed E-state index contributed by atoms with van der Waals surface area (Å²) in [6.07, 6.45) is 3.13. The van der Waals surface area contributed by atoms with Gasteiger partial charge in [-0.25, -0.2) is 14.2 Å². The molecule has 25 heavy (non-hydrogen) atoms. The maximum Gasteiger partial charge on any atom is 0.336 e. The Labute approximate surface area is 142 Å². The van der Waals surface area contributed by atoms with E-state index in [0.29, 0.717) is 22.4 Å². The average molecular weight is 333 g/mol. The second-order valence-corrected chi connectivity index (χ2v) is 5.55. The molecule has 4 nitrogen and oxygen atoms in total. The highest BCUT2D eigenvalue weighted by atomic mass is 19.1. The summed E-state index contributed by atoms with van der Waals surface area (Å²) < 4.78 is 19.6. The first-order chi connectivity index (χ1) is 12.1. The number of hydrogen-bond donors (Lipinski definition) is 1. The number of carbonyl (C=O) groups is 1. The zero-order valence-corrected chi connectivity index (χ0v) is 12.9. The lowest BCUT2D eigenvalue weighted by atomic mass is 9.90. The largest absolute Gasteiger partial charge is 0.478 e. The molecular weight excluding hydrogens is 321 g/mol. The minimum atomic E-state index is -1.11. The fourth-order valence-electron chi connectivity index (χ4n) is 2.93. The summed E-state index contributed by atoms with van der Waals surface area (Å²) in [4.78, 5) is 15.9. The molecule has 0 aliphatic carbocycles. The van der Waals surface area contributed by atoms with E-state index in [1.54, 1.807) is 42.6 Å². The van der Waals surface area contributed by atoms with Crippen LogP contribution in [-0.2, 0) is 0 Å². The SMILES string of the molecule is O=C(O)c1cccc(-c2cnc3occc3c2)c1-c1ccccc1F. The van der Waals surface area contributed by atoms with Gasteiger partial charge in [-0.2, -0.15) is 0 Å². The number of carboxylic acids is 1. The van der Waals surface area contributed by atoms with Crippen LogP contribution in [0.3, 0.4) is 0 Å². The number of aromatic carboxylic acids is 1. The van der Waals surface area contributed by atoms with Crippen LogP contribution in [0.25, 0.3) is 33.4 Å². The van der Waals surface area contributed by atoms with Crippen LogP contribution >= 0.6 is 0 Å². The van der Waals surface area contributed by atoms with Crippen LogP contribution in [0.15, 0.2) is 71.5 Å². The summed E-state index contributed by atoms with van der Waals surface area (Å²) >= 11 is 0. The average Bonchev–Trinajstić information content (AvgIpc) is 3.09. The van der Waals surface area contributed by atoms with Crippen molar-refractivity contribution >= 4 is 17.1 Å². The first-order valence-electron chi connectivity index (χ1n) is 7.60. The third-order valence-electron chi connectivity index (χ3n) is 4.06.